The van der Waals surface area contributed by atoms with E-state index in [1.165, 1.54) is 28.0 Å². The predicted molar refractivity (Wildman–Crippen MR) is 107 cm³/mol. The Bertz CT molecular complexity index is 922. The molecular formula is C23H25NO2. The van der Waals surface area contributed by atoms with E-state index in [1.807, 2.05) is 12.1 Å². The van der Waals surface area contributed by atoms with Crippen molar-refractivity contribution in [2.24, 2.45) is 0 Å². The van der Waals surface area contributed by atoms with Gasteiger partial charge in [0.25, 0.3) is 0 Å². The number of hydrogen-bond donors (Lipinski definition) is 1. The van der Waals surface area contributed by atoms with Crippen LogP contribution in [0.4, 0.5) is 5.69 Å². The van der Waals surface area contributed by atoms with Crippen LogP contribution in [0.2, 0.25) is 0 Å². The van der Waals surface area contributed by atoms with Crippen molar-refractivity contribution in [1.82, 2.24) is 0 Å². The van der Waals surface area contributed by atoms with Gasteiger partial charge in [-0.3, -0.25) is 0 Å². The second kappa shape index (κ2) is 6.24. The van der Waals surface area contributed by atoms with Gasteiger partial charge in [-0.25, -0.2) is 0 Å². The van der Waals surface area contributed by atoms with Gasteiger partial charge < -0.3 is 14.8 Å². The number of allylic oxidation sites excluding steroid dienone is 4. The summed E-state index contributed by atoms with van der Waals surface area (Å²) in [6, 6.07) is 13.1. The van der Waals surface area contributed by atoms with Crippen LogP contribution in [-0.4, -0.2) is 14.2 Å². The highest BCUT2D eigenvalue weighted by Gasteiger charge is 2.35. The minimum Gasteiger partial charge on any atom is -0.501 e. The fourth-order valence-electron chi connectivity index (χ4n) is 4.00. The van der Waals surface area contributed by atoms with Crippen molar-refractivity contribution in [2.45, 2.75) is 32.1 Å². The summed E-state index contributed by atoms with van der Waals surface area (Å²) in [6.07, 6.45) is 6.07. The molecule has 0 spiro atoms. The number of anilines is 1. The molecule has 2 aromatic rings. The summed E-state index contributed by atoms with van der Waals surface area (Å²) < 4.78 is 10.7. The second-order valence-electron chi connectivity index (χ2n) is 7.45. The molecule has 0 bridgehead atoms. The molecule has 1 N–H and O–H groups in total. The topological polar surface area (TPSA) is 30.5 Å². The number of benzene rings is 2. The van der Waals surface area contributed by atoms with Gasteiger partial charge in [0.05, 0.1) is 20.0 Å². The molecule has 0 aromatic heterocycles. The summed E-state index contributed by atoms with van der Waals surface area (Å²) in [4.78, 5) is 0. The molecule has 134 valence electrons. The summed E-state index contributed by atoms with van der Waals surface area (Å²) in [7, 11) is 3.45. The third-order valence-corrected chi connectivity index (χ3v) is 5.56. The summed E-state index contributed by atoms with van der Waals surface area (Å²) in [5.74, 6) is 1.95. The molecule has 0 saturated carbocycles. The molecule has 3 nitrogen and oxygen atoms in total. The number of rotatable bonds is 4. The molecular weight excluding hydrogens is 322 g/mol. The largest absolute Gasteiger partial charge is 0.501 e. The second-order valence-corrected chi connectivity index (χ2v) is 7.45. The summed E-state index contributed by atoms with van der Waals surface area (Å²) in [5.41, 5.74) is 7.63. The molecule has 4 rings (SSSR count). The highest BCUT2D eigenvalue weighted by Crippen LogP contribution is 2.50. The smallest absolute Gasteiger partial charge is 0.119 e. The Balaban J connectivity index is 1.68. The number of ether oxygens (including phenoxy) is 2. The first kappa shape index (κ1) is 16.8. The maximum absolute atomic E-state index is 5.44. The van der Waals surface area contributed by atoms with Gasteiger partial charge in [0, 0.05) is 23.2 Å². The zero-order chi connectivity index (χ0) is 18.3. The van der Waals surface area contributed by atoms with Gasteiger partial charge in [0.2, 0.25) is 0 Å². The molecule has 2 aromatic carbocycles. The van der Waals surface area contributed by atoms with Crippen LogP contribution < -0.4 is 10.1 Å². The standard InChI is InChI=1S/C23H25NO2/c1-23(2)21-13-16(24-15-5-8-17(25-3)9-6-15)7-11-19(21)20-12-10-18(26-4)14-22(20)23/h5,7-8,10-14,24H,6,9H2,1-4H3. The van der Waals surface area contributed by atoms with Crippen LogP contribution in [0, 0.1) is 0 Å². The van der Waals surface area contributed by atoms with Crippen LogP contribution in [0.15, 0.2) is 60.0 Å². The zero-order valence-corrected chi connectivity index (χ0v) is 15.8. The van der Waals surface area contributed by atoms with Gasteiger partial charge in [-0.1, -0.05) is 26.0 Å². The van der Waals surface area contributed by atoms with Crippen molar-refractivity contribution in [3.8, 4) is 16.9 Å². The molecule has 0 radical (unpaired) electrons. The molecule has 2 aliphatic carbocycles. The number of methoxy groups -OCH3 is 2. The minimum absolute atomic E-state index is 0.0407. The van der Waals surface area contributed by atoms with Gasteiger partial charge in [0.1, 0.15) is 5.75 Å². The quantitative estimate of drug-likeness (QED) is 0.778. The first-order valence-electron chi connectivity index (χ1n) is 9.07. The van der Waals surface area contributed by atoms with Gasteiger partial charge in [0.15, 0.2) is 0 Å². The maximum atomic E-state index is 5.44. The highest BCUT2D eigenvalue weighted by atomic mass is 16.5. The highest BCUT2D eigenvalue weighted by molar-refractivity contribution is 5.83. The van der Waals surface area contributed by atoms with Crippen molar-refractivity contribution < 1.29 is 9.47 Å². The van der Waals surface area contributed by atoms with Crippen molar-refractivity contribution >= 4 is 5.69 Å². The van der Waals surface area contributed by atoms with Crippen molar-refractivity contribution in [3.63, 3.8) is 0 Å². The molecule has 0 heterocycles. The fraction of sp³-hybridized carbons (Fsp3) is 0.304. The molecule has 0 saturated heterocycles. The van der Waals surface area contributed by atoms with Crippen molar-refractivity contribution in [1.29, 1.82) is 0 Å². The van der Waals surface area contributed by atoms with Gasteiger partial charge >= 0.3 is 0 Å². The summed E-state index contributed by atoms with van der Waals surface area (Å²) in [6.45, 7) is 4.57. The summed E-state index contributed by atoms with van der Waals surface area (Å²) in [5, 5.41) is 3.58. The SMILES string of the molecule is COC1=CC=C(Nc2ccc3c(c2)C(C)(C)c2cc(OC)ccc2-3)CC1. The molecule has 26 heavy (non-hydrogen) atoms. The lowest BCUT2D eigenvalue weighted by Crippen LogP contribution is -2.15. The lowest BCUT2D eigenvalue weighted by Gasteiger charge is -2.23. The molecule has 3 heteroatoms. The van der Waals surface area contributed by atoms with E-state index in [1.54, 1.807) is 14.2 Å². The average Bonchev–Trinajstić information content (AvgIpc) is 2.89. The van der Waals surface area contributed by atoms with Crippen LogP contribution in [0.3, 0.4) is 0 Å². The van der Waals surface area contributed by atoms with E-state index in [2.05, 4.69) is 55.6 Å². The monoisotopic (exact) mass is 347 g/mol. The zero-order valence-electron chi connectivity index (χ0n) is 15.8. The number of hydrogen-bond acceptors (Lipinski definition) is 3. The molecule has 0 fully saturated rings. The van der Waals surface area contributed by atoms with E-state index in [4.69, 9.17) is 9.47 Å². The van der Waals surface area contributed by atoms with Crippen molar-refractivity contribution in [2.75, 3.05) is 19.5 Å². The Labute approximate surface area is 155 Å². The van der Waals surface area contributed by atoms with E-state index in [-0.39, 0.29) is 5.41 Å². The Morgan fingerprint density at radius 1 is 0.846 bits per heavy atom. The van der Waals surface area contributed by atoms with E-state index in [0.717, 1.165) is 30.0 Å². The summed E-state index contributed by atoms with van der Waals surface area (Å²) >= 11 is 0. The predicted octanol–water partition coefficient (Wildman–Crippen LogP) is 5.62. The van der Waals surface area contributed by atoms with Gasteiger partial charge in [-0.2, -0.15) is 0 Å². The third kappa shape index (κ3) is 2.68. The lowest BCUT2D eigenvalue weighted by molar-refractivity contribution is 0.276. The molecule has 2 aliphatic rings. The van der Waals surface area contributed by atoms with Crippen LogP contribution in [0.1, 0.15) is 37.8 Å². The first-order chi connectivity index (χ1) is 12.5. The minimum atomic E-state index is -0.0407. The van der Waals surface area contributed by atoms with Crippen molar-refractivity contribution in [3.05, 3.63) is 71.1 Å². The fourth-order valence-corrected chi connectivity index (χ4v) is 4.00. The van der Waals surface area contributed by atoms with Crippen LogP contribution in [0.25, 0.3) is 11.1 Å². The first-order valence-corrected chi connectivity index (χ1v) is 9.07. The number of nitrogens with one attached hydrogen (secondary N) is 1. The van der Waals surface area contributed by atoms with E-state index >= 15 is 0 Å². The van der Waals surface area contributed by atoms with Crippen LogP contribution in [0.5, 0.6) is 5.75 Å². The van der Waals surface area contributed by atoms with Crippen LogP contribution >= 0.6 is 0 Å². The Morgan fingerprint density at radius 2 is 1.58 bits per heavy atom. The third-order valence-electron chi connectivity index (χ3n) is 5.56. The normalized spacial score (nSPS) is 16.9. The van der Waals surface area contributed by atoms with E-state index < -0.39 is 0 Å². The molecule has 0 atom stereocenters. The number of fused-ring (bicyclic) bond motifs is 3. The maximum Gasteiger partial charge on any atom is 0.119 e. The van der Waals surface area contributed by atoms with Gasteiger partial charge in [-0.05, 0) is 65.1 Å². The van der Waals surface area contributed by atoms with E-state index in [9.17, 15) is 0 Å². The Kier molecular flexibility index (Phi) is 4.03. The average molecular weight is 347 g/mol. The van der Waals surface area contributed by atoms with Gasteiger partial charge in [-0.15, -0.1) is 0 Å². The molecule has 0 aliphatic heterocycles. The lowest BCUT2D eigenvalue weighted by atomic mass is 9.82. The van der Waals surface area contributed by atoms with Crippen LogP contribution in [-0.2, 0) is 10.2 Å². The molecule has 0 amide bonds. The Morgan fingerprint density at radius 3 is 2.23 bits per heavy atom. The molecule has 0 unspecified atom stereocenters. The van der Waals surface area contributed by atoms with E-state index in [0.29, 0.717) is 0 Å². The Hall–Kier alpha value is -2.68.